The van der Waals surface area contributed by atoms with E-state index in [9.17, 15) is 4.79 Å². The van der Waals surface area contributed by atoms with E-state index in [-0.39, 0.29) is 5.91 Å². The third-order valence-electron chi connectivity index (χ3n) is 2.83. The fourth-order valence-electron chi connectivity index (χ4n) is 1.77. The molecule has 0 fully saturated rings. The van der Waals surface area contributed by atoms with E-state index >= 15 is 0 Å². The van der Waals surface area contributed by atoms with Crippen molar-refractivity contribution in [2.75, 3.05) is 11.9 Å². The number of anilines is 1. The van der Waals surface area contributed by atoms with Gasteiger partial charge in [-0.3, -0.25) is 14.8 Å². The number of carbonyl (C=O) groups is 1. The van der Waals surface area contributed by atoms with Crippen molar-refractivity contribution in [3.63, 3.8) is 0 Å². The van der Waals surface area contributed by atoms with Gasteiger partial charge in [0.05, 0.1) is 17.4 Å². The summed E-state index contributed by atoms with van der Waals surface area (Å²) in [5.41, 5.74) is 2.40. The van der Waals surface area contributed by atoms with Crippen molar-refractivity contribution in [1.29, 1.82) is 0 Å². The molecule has 0 unspecified atom stereocenters. The summed E-state index contributed by atoms with van der Waals surface area (Å²) in [5.74, 6) is -0.109. The molecule has 0 saturated carbocycles. The maximum absolute atomic E-state index is 12.2. The zero-order chi connectivity index (χ0) is 14.2. The minimum Gasteiger partial charge on any atom is -0.383 e. The van der Waals surface area contributed by atoms with Crippen molar-refractivity contribution >= 4 is 11.6 Å². The quantitative estimate of drug-likeness (QED) is 0.844. The molecule has 0 bridgehead atoms. The summed E-state index contributed by atoms with van der Waals surface area (Å²) in [6.45, 7) is 3.37. The third kappa shape index (κ3) is 3.78. The summed E-state index contributed by atoms with van der Waals surface area (Å²) < 4.78 is 0. The molecule has 2 aromatic heterocycles. The van der Waals surface area contributed by atoms with Crippen LogP contribution in [-0.4, -0.2) is 22.4 Å². The van der Waals surface area contributed by atoms with E-state index < -0.39 is 0 Å². The van der Waals surface area contributed by atoms with Crippen LogP contribution in [0.15, 0.2) is 43.0 Å². The Morgan fingerprint density at radius 1 is 1.15 bits per heavy atom. The first-order chi connectivity index (χ1) is 9.81. The van der Waals surface area contributed by atoms with Crippen LogP contribution in [-0.2, 0) is 6.54 Å². The van der Waals surface area contributed by atoms with E-state index in [2.05, 4.69) is 27.5 Å². The summed E-state index contributed by atoms with van der Waals surface area (Å²) in [6.07, 6.45) is 7.72. The molecule has 5 nitrogen and oxygen atoms in total. The number of nitrogens with one attached hydrogen (secondary N) is 2. The molecule has 1 amide bonds. The van der Waals surface area contributed by atoms with Crippen molar-refractivity contribution in [2.24, 2.45) is 0 Å². The standard InChI is InChI=1S/C15H18N4O/c1-2-6-18-14-11-17-9-5-13(14)15(20)19-10-12-3-7-16-8-4-12/h3-5,7-9,11,18H,2,6,10H2,1H3,(H,19,20). The van der Waals surface area contributed by atoms with Crippen molar-refractivity contribution in [1.82, 2.24) is 15.3 Å². The lowest BCUT2D eigenvalue weighted by molar-refractivity contribution is 0.0951. The predicted octanol–water partition coefficient (Wildman–Crippen LogP) is 2.23. The Labute approximate surface area is 118 Å². The number of rotatable bonds is 6. The van der Waals surface area contributed by atoms with Crippen molar-refractivity contribution < 1.29 is 4.79 Å². The zero-order valence-electron chi connectivity index (χ0n) is 11.5. The Balaban J connectivity index is 2.01. The summed E-state index contributed by atoms with van der Waals surface area (Å²) in [6, 6.07) is 5.48. The molecule has 2 aromatic rings. The van der Waals surface area contributed by atoms with Gasteiger partial charge in [0.1, 0.15) is 0 Å². The Hall–Kier alpha value is -2.43. The van der Waals surface area contributed by atoms with Gasteiger partial charge in [0.25, 0.3) is 5.91 Å². The molecule has 2 N–H and O–H groups in total. The average molecular weight is 270 g/mol. The first kappa shape index (κ1) is 14.0. The lowest BCUT2D eigenvalue weighted by Gasteiger charge is -2.11. The van der Waals surface area contributed by atoms with Crippen LogP contribution in [0.3, 0.4) is 0 Å². The molecule has 0 aliphatic heterocycles. The molecule has 0 saturated heterocycles. The highest BCUT2D eigenvalue weighted by Gasteiger charge is 2.10. The van der Waals surface area contributed by atoms with Gasteiger partial charge in [-0.25, -0.2) is 0 Å². The van der Waals surface area contributed by atoms with Crippen LogP contribution in [0.5, 0.6) is 0 Å². The minimum absolute atomic E-state index is 0.109. The molecule has 2 rings (SSSR count). The summed E-state index contributed by atoms with van der Waals surface area (Å²) in [4.78, 5) is 20.2. The number of pyridine rings is 2. The Bertz CT molecular complexity index is 557. The van der Waals surface area contributed by atoms with Gasteiger partial charge in [-0.2, -0.15) is 0 Å². The minimum atomic E-state index is -0.109. The van der Waals surface area contributed by atoms with E-state index in [1.165, 1.54) is 0 Å². The van der Waals surface area contributed by atoms with Crippen molar-refractivity contribution in [2.45, 2.75) is 19.9 Å². The zero-order valence-corrected chi connectivity index (χ0v) is 11.5. The first-order valence-corrected chi connectivity index (χ1v) is 6.66. The summed E-state index contributed by atoms with van der Waals surface area (Å²) >= 11 is 0. The van der Waals surface area contributed by atoms with Gasteiger partial charge in [0, 0.05) is 31.7 Å². The normalized spacial score (nSPS) is 10.1. The monoisotopic (exact) mass is 270 g/mol. The SMILES string of the molecule is CCCNc1cnccc1C(=O)NCc1ccncc1. The second-order valence-corrected chi connectivity index (χ2v) is 4.39. The van der Waals surface area contributed by atoms with Gasteiger partial charge < -0.3 is 10.6 Å². The number of hydrogen-bond acceptors (Lipinski definition) is 4. The Kier molecular flexibility index (Phi) is 5.06. The third-order valence-corrected chi connectivity index (χ3v) is 2.83. The number of aromatic nitrogens is 2. The lowest BCUT2D eigenvalue weighted by atomic mass is 10.2. The Morgan fingerprint density at radius 3 is 2.65 bits per heavy atom. The van der Waals surface area contributed by atoms with Crippen LogP contribution >= 0.6 is 0 Å². The molecule has 0 aromatic carbocycles. The number of nitrogens with zero attached hydrogens (tertiary/aromatic N) is 2. The van der Waals surface area contributed by atoms with E-state index in [1.807, 2.05) is 12.1 Å². The van der Waals surface area contributed by atoms with Gasteiger partial charge in [0.15, 0.2) is 0 Å². The van der Waals surface area contributed by atoms with E-state index in [0.29, 0.717) is 12.1 Å². The number of hydrogen-bond donors (Lipinski definition) is 2. The average Bonchev–Trinajstić information content (AvgIpc) is 2.52. The van der Waals surface area contributed by atoms with Crippen LogP contribution in [0.1, 0.15) is 29.3 Å². The predicted molar refractivity (Wildman–Crippen MR) is 78.4 cm³/mol. The molecule has 2 heterocycles. The van der Waals surface area contributed by atoms with Crippen LogP contribution in [0, 0.1) is 0 Å². The van der Waals surface area contributed by atoms with E-state index in [4.69, 9.17) is 0 Å². The summed E-state index contributed by atoms with van der Waals surface area (Å²) in [5, 5.41) is 6.11. The smallest absolute Gasteiger partial charge is 0.253 e. The molecule has 0 aliphatic carbocycles. The maximum Gasteiger partial charge on any atom is 0.253 e. The number of amides is 1. The second-order valence-electron chi connectivity index (χ2n) is 4.39. The molecule has 104 valence electrons. The number of carbonyl (C=O) groups excluding carboxylic acids is 1. The highest BCUT2D eigenvalue weighted by atomic mass is 16.1. The first-order valence-electron chi connectivity index (χ1n) is 6.66. The van der Waals surface area contributed by atoms with Gasteiger partial charge in [0.2, 0.25) is 0 Å². The lowest BCUT2D eigenvalue weighted by Crippen LogP contribution is -2.24. The molecule has 0 atom stereocenters. The molecular weight excluding hydrogens is 252 g/mol. The maximum atomic E-state index is 12.2. The second kappa shape index (κ2) is 7.23. The largest absolute Gasteiger partial charge is 0.383 e. The molecule has 20 heavy (non-hydrogen) atoms. The topological polar surface area (TPSA) is 66.9 Å². The van der Waals surface area contributed by atoms with Crippen molar-refractivity contribution in [3.8, 4) is 0 Å². The van der Waals surface area contributed by atoms with Crippen LogP contribution in [0.2, 0.25) is 0 Å². The van der Waals surface area contributed by atoms with Gasteiger partial charge >= 0.3 is 0 Å². The van der Waals surface area contributed by atoms with Gasteiger partial charge in [-0.1, -0.05) is 6.92 Å². The highest BCUT2D eigenvalue weighted by Crippen LogP contribution is 2.13. The van der Waals surface area contributed by atoms with Gasteiger partial charge in [-0.15, -0.1) is 0 Å². The molecule has 5 heteroatoms. The fraction of sp³-hybridized carbons (Fsp3) is 0.267. The Morgan fingerprint density at radius 2 is 1.90 bits per heavy atom. The van der Waals surface area contributed by atoms with Crippen LogP contribution in [0.25, 0.3) is 0 Å². The fourth-order valence-corrected chi connectivity index (χ4v) is 1.77. The molecule has 0 aliphatic rings. The highest BCUT2D eigenvalue weighted by molar-refractivity contribution is 5.99. The van der Waals surface area contributed by atoms with Crippen LogP contribution < -0.4 is 10.6 Å². The molecule has 0 spiro atoms. The molecular formula is C15H18N4O. The van der Waals surface area contributed by atoms with Crippen LogP contribution in [0.4, 0.5) is 5.69 Å². The van der Waals surface area contributed by atoms with Gasteiger partial charge in [-0.05, 0) is 30.2 Å². The van der Waals surface area contributed by atoms with Crippen molar-refractivity contribution in [3.05, 3.63) is 54.1 Å². The van der Waals surface area contributed by atoms with E-state index in [0.717, 1.165) is 24.2 Å². The summed E-state index contributed by atoms with van der Waals surface area (Å²) in [7, 11) is 0. The van der Waals surface area contributed by atoms with E-state index in [1.54, 1.807) is 30.9 Å². The molecule has 0 radical (unpaired) electrons.